The average Bonchev–Trinajstić information content (AvgIpc) is 2.43. The van der Waals surface area contributed by atoms with E-state index in [4.69, 9.17) is 9.84 Å². The van der Waals surface area contributed by atoms with Gasteiger partial charge in [-0.3, -0.25) is 0 Å². The number of benzene rings is 1. The molecule has 0 aliphatic rings. The van der Waals surface area contributed by atoms with Crippen LogP contribution in [0.1, 0.15) is 5.56 Å². The number of alkyl halides is 3. The summed E-state index contributed by atoms with van der Waals surface area (Å²) < 4.78 is 42.1. The van der Waals surface area contributed by atoms with Crippen LogP contribution in [-0.2, 0) is 10.9 Å². The summed E-state index contributed by atoms with van der Waals surface area (Å²) in [6.45, 7) is 0.448. The number of amides is 2. The fourth-order valence-electron chi connectivity index (χ4n) is 1.58. The molecule has 21 heavy (non-hydrogen) atoms. The Bertz CT molecular complexity index is 449. The van der Waals surface area contributed by atoms with Crippen LogP contribution in [0.5, 0.6) is 0 Å². The number of anilines is 1. The predicted molar refractivity (Wildman–Crippen MR) is 71.0 cm³/mol. The highest BCUT2D eigenvalue weighted by atomic mass is 19.4. The SMILES string of the molecule is COCCN(CCO)C(=O)Nc1ccc(C(F)(F)F)cc1. The van der Waals surface area contributed by atoms with Gasteiger partial charge in [-0.05, 0) is 24.3 Å². The van der Waals surface area contributed by atoms with Gasteiger partial charge >= 0.3 is 12.2 Å². The van der Waals surface area contributed by atoms with Gasteiger partial charge in [0.2, 0.25) is 0 Å². The van der Waals surface area contributed by atoms with Crippen molar-refractivity contribution in [3.8, 4) is 0 Å². The Kier molecular flexibility index (Phi) is 6.44. The molecule has 0 fully saturated rings. The smallest absolute Gasteiger partial charge is 0.395 e. The maximum absolute atomic E-state index is 12.4. The minimum Gasteiger partial charge on any atom is -0.395 e. The second-order valence-electron chi connectivity index (χ2n) is 4.21. The number of ether oxygens (including phenoxy) is 1. The van der Waals surface area contributed by atoms with Crippen LogP contribution in [-0.4, -0.2) is 49.5 Å². The highest BCUT2D eigenvalue weighted by molar-refractivity contribution is 5.89. The number of urea groups is 1. The number of aliphatic hydroxyl groups is 1. The van der Waals surface area contributed by atoms with E-state index in [1.54, 1.807) is 0 Å². The summed E-state index contributed by atoms with van der Waals surface area (Å²) in [5, 5.41) is 11.4. The summed E-state index contributed by atoms with van der Waals surface area (Å²) >= 11 is 0. The van der Waals surface area contributed by atoms with Gasteiger partial charge in [0, 0.05) is 25.9 Å². The highest BCUT2D eigenvalue weighted by Crippen LogP contribution is 2.29. The molecule has 1 aromatic rings. The van der Waals surface area contributed by atoms with Gasteiger partial charge in [0.05, 0.1) is 18.8 Å². The van der Waals surface area contributed by atoms with Crippen molar-refractivity contribution in [2.45, 2.75) is 6.18 Å². The van der Waals surface area contributed by atoms with Crippen molar-refractivity contribution in [2.75, 3.05) is 38.7 Å². The number of hydrogen-bond acceptors (Lipinski definition) is 3. The predicted octanol–water partition coefficient (Wildman–Crippen LogP) is 2.18. The Labute approximate surface area is 120 Å². The van der Waals surface area contributed by atoms with Crippen LogP contribution in [0.2, 0.25) is 0 Å². The van der Waals surface area contributed by atoms with Gasteiger partial charge in [0.25, 0.3) is 0 Å². The van der Waals surface area contributed by atoms with Crippen molar-refractivity contribution >= 4 is 11.7 Å². The van der Waals surface area contributed by atoms with Crippen LogP contribution < -0.4 is 5.32 Å². The Balaban J connectivity index is 2.67. The van der Waals surface area contributed by atoms with Gasteiger partial charge in [-0.15, -0.1) is 0 Å². The first kappa shape index (κ1) is 17.3. The zero-order chi connectivity index (χ0) is 15.9. The molecule has 0 heterocycles. The molecule has 0 aliphatic heterocycles. The zero-order valence-electron chi connectivity index (χ0n) is 11.5. The lowest BCUT2D eigenvalue weighted by Gasteiger charge is -2.21. The van der Waals surface area contributed by atoms with Crippen molar-refractivity contribution in [2.24, 2.45) is 0 Å². The number of rotatable bonds is 6. The largest absolute Gasteiger partial charge is 0.416 e. The number of methoxy groups -OCH3 is 1. The maximum atomic E-state index is 12.4. The van der Waals surface area contributed by atoms with E-state index in [0.29, 0.717) is 6.61 Å². The van der Waals surface area contributed by atoms with Crippen LogP contribution >= 0.6 is 0 Å². The minimum atomic E-state index is -4.41. The monoisotopic (exact) mass is 306 g/mol. The molecule has 0 atom stereocenters. The molecule has 8 heteroatoms. The average molecular weight is 306 g/mol. The molecule has 0 saturated carbocycles. The van der Waals surface area contributed by atoms with Crippen molar-refractivity contribution in [3.63, 3.8) is 0 Å². The molecule has 0 unspecified atom stereocenters. The molecule has 118 valence electrons. The number of nitrogens with one attached hydrogen (secondary N) is 1. The molecular weight excluding hydrogens is 289 g/mol. The van der Waals surface area contributed by atoms with E-state index < -0.39 is 17.8 Å². The lowest BCUT2D eigenvalue weighted by Crippen LogP contribution is -2.39. The molecule has 0 spiro atoms. The molecule has 0 radical (unpaired) electrons. The molecule has 2 amide bonds. The third-order valence-corrected chi connectivity index (χ3v) is 2.69. The summed E-state index contributed by atoms with van der Waals surface area (Å²) in [4.78, 5) is 13.2. The summed E-state index contributed by atoms with van der Waals surface area (Å²) in [6.07, 6.45) is -4.41. The first-order chi connectivity index (χ1) is 9.88. The molecule has 0 saturated heterocycles. The minimum absolute atomic E-state index is 0.107. The summed E-state index contributed by atoms with van der Waals surface area (Å²) in [6, 6.07) is 3.62. The second-order valence-corrected chi connectivity index (χ2v) is 4.21. The Morgan fingerprint density at radius 3 is 2.38 bits per heavy atom. The van der Waals surface area contributed by atoms with Gasteiger partial charge in [-0.25, -0.2) is 4.79 Å². The lowest BCUT2D eigenvalue weighted by molar-refractivity contribution is -0.137. The molecule has 1 rings (SSSR count). The van der Waals surface area contributed by atoms with Crippen LogP contribution in [0.15, 0.2) is 24.3 Å². The maximum Gasteiger partial charge on any atom is 0.416 e. The number of aliphatic hydroxyl groups excluding tert-OH is 1. The Hall–Kier alpha value is -1.80. The summed E-state index contributed by atoms with van der Waals surface area (Å²) in [7, 11) is 1.48. The molecule has 0 aliphatic carbocycles. The molecular formula is C13H17F3N2O3. The fourth-order valence-corrected chi connectivity index (χ4v) is 1.58. The van der Waals surface area contributed by atoms with Crippen LogP contribution in [0, 0.1) is 0 Å². The molecule has 0 aromatic heterocycles. The van der Waals surface area contributed by atoms with Crippen LogP contribution in [0.25, 0.3) is 0 Å². The third kappa shape index (κ3) is 5.60. The van der Waals surface area contributed by atoms with E-state index in [-0.39, 0.29) is 25.4 Å². The van der Waals surface area contributed by atoms with Gasteiger partial charge in [0.1, 0.15) is 0 Å². The molecule has 2 N–H and O–H groups in total. The van der Waals surface area contributed by atoms with Crippen LogP contribution in [0.4, 0.5) is 23.7 Å². The number of nitrogens with zero attached hydrogens (tertiary/aromatic N) is 1. The molecule has 0 bridgehead atoms. The van der Waals surface area contributed by atoms with Crippen molar-refractivity contribution in [1.82, 2.24) is 4.90 Å². The summed E-state index contributed by atoms with van der Waals surface area (Å²) in [5.74, 6) is 0. The van der Waals surface area contributed by atoms with E-state index in [1.165, 1.54) is 24.1 Å². The number of carbonyl (C=O) groups excluding carboxylic acids is 1. The van der Waals surface area contributed by atoms with Crippen LogP contribution in [0.3, 0.4) is 0 Å². The quantitative estimate of drug-likeness (QED) is 0.847. The van der Waals surface area contributed by atoms with Gasteiger partial charge in [-0.1, -0.05) is 0 Å². The van der Waals surface area contributed by atoms with Crippen molar-refractivity contribution in [3.05, 3.63) is 29.8 Å². The second kappa shape index (κ2) is 7.84. The standard InChI is InChI=1S/C13H17F3N2O3/c1-21-9-7-18(6-8-19)12(20)17-11-4-2-10(3-5-11)13(14,15)16/h2-5,19H,6-9H2,1H3,(H,17,20). The Morgan fingerprint density at radius 2 is 1.90 bits per heavy atom. The first-order valence-electron chi connectivity index (χ1n) is 6.21. The summed E-state index contributed by atoms with van der Waals surface area (Å²) in [5.41, 5.74) is -0.541. The van der Waals surface area contributed by atoms with Crippen molar-refractivity contribution < 1.29 is 27.8 Å². The van der Waals surface area contributed by atoms with Crippen molar-refractivity contribution in [1.29, 1.82) is 0 Å². The van der Waals surface area contributed by atoms with Gasteiger partial charge < -0.3 is 20.1 Å². The molecule has 5 nitrogen and oxygen atoms in total. The number of carbonyl (C=O) groups is 1. The van der Waals surface area contributed by atoms with E-state index >= 15 is 0 Å². The van der Waals surface area contributed by atoms with E-state index in [9.17, 15) is 18.0 Å². The van der Waals surface area contributed by atoms with E-state index in [0.717, 1.165) is 12.1 Å². The number of halogens is 3. The number of hydrogen-bond donors (Lipinski definition) is 2. The first-order valence-corrected chi connectivity index (χ1v) is 6.21. The van der Waals surface area contributed by atoms with Gasteiger partial charge in [0.15, 0.2) is 0 Å². The van der Waals surface area contributed by atoms with E-state index in [2.05, 4.69) is 5.32 Å². The Morgan fingerprint density at radius 1 is 1.29 bits per heavy atom. The normalized spacial score (nSPS) is 11.3. The zero-order valence-corrected chi connectivity index (χ0v) is 11.5. The van der Waals surface area contributed by atoms with Gasteiger partial charge in [-0.2, -0.15) is 13.2 Å². The fraction of sp³-hybridized carbons (Fsp3) is 0.462. The molecule has 1 aromatic carbocycles. The topological polar surface area (TPSA) is 61.8 Å². The van der Waals surface area contributed by atoms with E-state index in [1.807, 2.05) is 0 Å². The highest BCUT2D eigenvalue weighted by Gasteiger charge is 2.30. The third-order valence-electron chi connectivity index (χ3n) is 2.69. The lowest BCUT2D eigenvalue weighted by atomic mass is 10.2.